The van der Waals surface area contributed by atoms with Crippen LogP contribution in [-0.2, 0) is 24.3 Å². The van der Waals surface area contributed by atoms with E-state index in [1.807, 2.05) is 35.2 Å². The van der Waals surface area contributed by atoms with Gasteiger partial charge in [0.2, 0.25) is 5.91 Å². The summed E-state index contributed by atoms with van der Waals surface area (Å²) in [7, 11) is 0. The lowest BCUT2D eigenvalue weighted by Crippen LogP contribution is -2.45. The summed E-state index contributed by atoms with van der Waals surface area (Å²) in [6.45, 7) is 3.45. The Balaban J connectivity index is 1.36. The highest BCUT2D eigenvalue weighted by Crippen LogP contribution is 2.42. The molecule has 1 aliphatic carbocycles. The standard InChI is InChI=1S/C25H24N4O3/c1-16-10-11-20-19(14-16)18-8-5-9-21-23(18)28(20)13-12-27(21)22(30)15-29-24(26-32-25(29)31)17-6-3-2-4-7-17/h2-4,6-7,10-11,14,21H,5,8-9,12-13,15H2,1H3/t21-/m0/s1. The molecule has 0 N–H and O–H groups in total. The topological polar surface area (TPSA) is 73.3 Å². The zero-order valence-electron chi connectivity index (χ0n) is 18.0. The molecule has 0 fully saturated rings. The second-order valence-electron chi connectivity index (χ2n) is 8.76. The molecule has 7 heteroatoms. The first-order valence-corrected chi connectivity index (χ1v) is 11.1. The molecule has 0 bridgehead atoms. The average Bonchev–Trinajstić information content (AvgIpc) is 3.33. The maximum Gasteiger partial charge on any atom is 0.442 e. The molecule has 1 aliphatic heterocycles. The minimum atomic E-state index is -0.608. The number of benzene rings is 2. The Hall–Kier alpha value is -3.61. The van der Waals surface area contributed by atoms with E-state index in [0.717, 1.165) is 31.4 Å². The molecule has 2 aliphatic rings. The summed E-state index contributed by atoms with van der Waals surface area (Å²) in [5.74, 6) is -0.295. The van der Waals surface area contributed by atoms with E-state index in [1.54, 1.807) is 0 Å². The molecule has 32 heavy (non-hydrogen) atoms. The Morgan fingerprint density at radius 1 is 1.16 bits per heavy atom. The lowest BCUT2D eigenvalue weighted by Gasteiger charge is -2.40. The Morgan fingerprint density at radius 2 is 2.00 bits per heavy atom. The highest BCUT2D eigenvalue weighted by atomic mass is 16.5. The van der Waals surface area contributed by atoms with E-state index >= 15 is 0 Å². The summed E-state index contributed by atoms with van der Waals surface area (Å²) in [4.78, 5) is 27.8. The van der Waals surface area contributed by atoms with Crippen molar-refractivity contribution in [2.45, 2.75) is 45.3 Å². The zero-order chi connectivity index (χ0) is 21.8. The average molecular weight is 428 g/mol. The van der Waals surface area contributed by atoms with Crippen LogP contribution in [-0.4, -0.2) is 31.6 Å². The second-order valence-corrected chi connectivity index (χ2v) is 8.76. The number of aromatic nitrogens is 3. The van der Waals surface area contributed by atoms with E-state index in [4.69, 9.17) is 4.52 Å². The Bertz CT molecular complexity index is 1400. The number of hydrogen-bond donors (Lipinski definition) is 0. The third-order valence-corrected chi connectivity index (χ3v) is 6.86. The molecule has 4 aromatic rings. The van der Waals surface area contributed by atoms with Crippen molar-refractivity contribution in [2.24, 2.45) is 0 Å². The van der Waals surface area contributed by atoms with Crippen LogP contribution in [0.2, 0.25) is 0 Å². The number of carbonyl (C=O) groups is 1. The predicted molar refractivity (Wildman–Crippen MR) is 120 cm³/mol. The van der Waals surface area contributed by atoms with E-state index in [1.165, 1.54) is 32.3 Å². The third kappa shape index (κ3) is 2.84. The van der Waals surface area contributed by atoms with Crippen LogP contribution in [0.15, 0.2) is 57.8 Å². The van der Waals surface area contributed by atoms with Crippen molar-refractivity contribution in [1.82, 2.24) is 19.2 Å². The smallest absolute Gasteiger partial charge is 0.341 e. The van der Waals surface area contributed by atoms with Crippen molar-refractivity contribution in [3.8, 4) is 11.4 Å². The molecule has 162 valence electrons. The Kier molecular flexibility index (Phi) is 4.31. The quantitative estimate of drug-likeness (QED) is 0.499. The van der Waals surface area contributed by atoms with Gasteiger partial charge in [0.25, 0.3) is 0 Å². The SMILES string of the molecule is Cc1ccc2c(c1)c1c3n2CCN(C(=O)Cn2c(-c4ccccc4)noc2=O)[C@H]3CCC1. The van der Waals surface area contributed by atoms with Crippen LogP contribution >= 0.6 is 0 Å². The normalized spacial score (nSPS) is 17.5. The molecule has 0 saturated carbocycles. The number of rotatable bonds is 3. The minimum Gasteiger partial charge on any atom is -0.341 e. The molecule has 6 rings (SSSR count). The largest absolute Gasteiger partial charge is 0.442 e. The van der Waals surface area contributed by atoms with Crippen molar-refractivity contribution in [3.05, 3.63) is 75.9 Å². The number of fused-ring (bicyclic) bond motifs is 3. The summed E-state index contributed by atoms with van der Waals surface area (Å²) in [6.07, 6.45) is 3.04. The van der Waals surface area contributed by atoms with Gasteiger partial charge in [0, 0.05) is 35.2 Å². The van der Waals surface area contributed by atoms with Crippen molar-refractivity contribution in [1.29, 1.82) is 0 Å². The third-order valence-electron chi connectivity index (χ3n) is 6.86. The summed E-state index contributed by atoms with van der Waals surface area (Å²) < 4.78 is 8.66. The molecule has 2 aromatic heterocycles. The summed E-state index contributed by atoms with van der Waals surface area (Å²) in [5, 5.41) is 5.24. The molecule has 7 nitrogen and oxygen atoms in total. The fourth-order valence-electron chi connectivity index (χ4n) is 5.45. The van der Waals surface area contributed by atoms with E-state index in [2.05, 4.69) is 34.8 Å². The van der Waals surface area contributed by atoms with E-state index in [-0.39, 0.29) is 18.5 Å². The Morgan fingerprint density at radius 3 is 2.84 bits per heavy atom. The highest BCUT2D eigenvalue weighted by molar-refractivity contribution is 5.87. The fourth-order valence-corrected chi connectivity index (χ4v) is 5.45. The van der Waals surface area contributed by atoms with Gasteiger partial charge in [0.05, 0.1) is 6.04 Å². The van der Waals surface area contributed by atoms with Gasteiger partial charge in [-0.05, 0) is 43.9 Å². The number of hydrogen-bond acceptors (Lipinski definition) is 4. The van der Waals surface area contributed by atoms with Gasteiger partial charge in [0.15, 0.2) is 5.82 Å². The predicted octanol–water partition coefficient (Wildman–Crippen LogP) is 3.69. The van der Waals surface area contributed by atoms with Crippen molar-refractivity contribution in [2.75, 3.05) is 6.54 Å². The monoisotopic (exact) mass is 428 g/mol. The number of nitrogens with zero attached hydrogens (tertiary/aromatic N) is 4. The van der Waals surface area contributed by atoms with Gasteiger partial charge in [-0.25, -0.2) is 9.36 Å². The van der Waals surface area contributed by atoms with Crippen LogP contribution in [0.5, 0.6) is 0 Å². The summed E-state index contributed by atoms with van der Waals surface area (Å²) in [6, 6.07) is 16.0. The van der Waals surface area contributed by atoms with Crippen LogP contribution in [0.1, 0.15) is 35.7 Å². The first-order valence-electron chi connectivity index (χ1n) is 11.1. The van der Waals surface area contributed by atoms with E-state index in [9.17, 15) is 9.59 Å². The minimum absolute atomic E-state index is 0.0449. The molecule has 0 radical (unpaired) electrons. The van der Waals surface area contributed by atoms with Crippen LogP contribution in [0.4, 0.5) is 0 Å². The molecule has 1 atom stereocenters. The lowest BCUT2D eigenvalue weighted by molar-refractivity contribution is -0.135. The maximum absolute atomic E-state index is 13.5. The molecule has 0 saturated heterocycles. The summed E-state index contributed by atoms with van der Waals surface area (Å²) >= 11 is 0. The zero-order valence-corrected chi connectivity index (χ0v) is 18.0. The second kappa shape index (κ2) is 7.22. The van der Waals surface area contributed by atoms with Gasteiger partial charge in [-0.3, -0.25) is 9.32 Å². The van der Waals surface area contributed by atoms with E-state index < -0.39 is 5.76 Å². The van der Waals surface area contributed by atoms with Crippen molar-refractivity contribution in [3.63, 3.8) is 0 Å². The van der Waals surface area contributed by atoms with Crippen LogP contribution in [0, 0.1) is 6.92 Å². The van der Waals surface area contributed by atoms with Crippen molar-refractivity contribution < 1.29 is 9.32 Å². The van der Waals surface area contributed by atoms with Gasteiger partial charge in [0.1, 0.15) is 6.54 Å². The number of amides is 1. The molecule has 3 heterocycles. The van der Waals surface area contributed by atoms with Gasteiger partial charge in [-0.2, -0.15) is 0 Å². The molecule has 1 amide bonds. The molecule has 0 spiro atoms. The highest BCUT2D eigenvalue weighted by Gasteiger charge is 2.37. The van der Waals surface area contributed by atoms with Gasteiger partial charge < -0.3 is 9.47 Å². The van der Waals surface area contributed by atoms with Gasteiger partial charge in [-0.1, -0.05) is 47.1 Å². The molecule has 0 unspecified atom stereocenters. The van der Waals surface area contributed by atoms with Crippen molar-refractivity contribution >= 4 is 16.8 Å². The Labute approximate surface area is 184 Å². The molecular weight excluding hydrogens is 404 g/mol. The van der Waals surface area contributed by atoms with Gasteiger partial charge >= 0.3 is 5.76 Å². The molecular formula is C25H24N4O3. The lowest BCUT2D eigenvalue weighted by atomic mass is 9.89. The first kappa shape index (κ1) is 19.1. The first-order chi connectivity index (χ1) is 15.6. The maximum atomic E-state index is 13.5. The fraction of sp³-hybridized carbons (Fsp3) is 0.320. The van der Waals surface area contributed by atoms with Gasteiger partial charge in [-0.15, -0.1) is 0 Å². The summed E-state index contributed by atoms with van der Waals surface area (Å²) in [5.41, 5.74) is 5.93. The van der Waals surface area contributed by atoms with E-state index in [0.29, 0.717) is 12.4 Å². The molecule has 2 aromatic carbocycles. The number of aryl methyl sites for hydroxylation is 2. The van der Waals surface area contributed by atoms with Crippen LogP contribution < -0.4 is 5.76 Å². The van der Waals surface area contributed by atoms with Crippen LogP contribution in [0.25, 0.3) is 22.3 Å². The van der Waals surface area contributed by atoms with Crippen LogP contribution in [0.3, 0.4) is 0 Å². The number of carbonyl (C=O) groups excluding carboxylic acids is 1.